The Kier molecular flexibility index (Phi) is 27.7. The maximum Gasteiger partial charge on any atom is 0.104 e. The summed E-state index contributed by atoms with van der Waals surface area (Å²) >= 11 is 0. The van der Waals surface area contributed by atoms with Gasteiger partial charge in [0.15, 0.2) is 0 Å². The maximum atomic E-state index is 12.0. The third kappa shape index (κ3) is 25.9. The van der Waals surface area contributed by atoms with Crippen molar-refractivity contribution in [1.82, 2.24) is 0 Å². The van der Waals surface area contributed by atoms with Gasteiger partial charge in [0.2, 0.25) is 0 Å². The lowest BCUT2D eigenvalue weighted by atomic mass is 10.0. The SMILES string of the molecule is CCCCCCCCOC(CO)COCCCCCCCCCCCCCCCC[18F]. The minimum absolute atomic E-state index is 0.0506. The van der Waals surface area contributed by atoms with E-state index < -0.39 is 0 Å². The third-order valence-electron chi connectivity index (χ3n) is 6.03. The van der Waals surface area contributed by atoms with E-state index in [0.29, 0.717) is 6.61 Å². The molecule has 1 atom stereocenters. The smallest absolute Gasteiger partial charge is 0.104 e. The largest absolute Gasteiger partial charge is 0.394 e. The maximum absolute atomic E-state index is 12.0. The number of aliphatic hydroxyl groups is 1. The summed E-state index contributed by atoms with van der Waals surface area (Å²) < 4.78 is 23.4. The minimum Gasteiger partial charge on any atom is -0.394 e. The molecule has 0 radical (unpaired) electrons. The van der Waals surface area contributed by atoms with Gasteiger partial charge in [-0.15, -0.1) is 0 Å². The molecule has 0 rings (SSSR count). The predicted molar refractivity (Wildman–Crippen MR) is 132 cm³/mol. The third-order valence-corrected chi connectivity index (χ3v) is 6.03. The number of hydrogen-bond donors (Lipinski definition) is 1. The van der Waals surface area contributed by atoms with Crippen LogP contribution in [0.4, 0.5) is 4.39 Å². The van der Waals surface area contributed by atoms with Crippen molar-refractivity contribution in [2.75, 3.05) is 33.1 Å². The quantitative estimate of drug-likeness (QED) is 0.130. The molecule has 188 valence electrons. The molecule has 0 bridgehead atoms. The van der Waals surface area contributed by atoms with Gasteiger partial charge in [-0.3, -0.25) is 4.39 Å². The first-order valence-corrected chi connectivity index (χ1v) is 13.7. The van der Waals surface area contributed by atoms with E-state index in [-0.39, 0.29) is 19.4 Å². The van der Waals surface area contributed by atoms with Gasteiger partial charge in [0.1, 0.15) is 6.10 Å². The molecule has 1 N–H and O–H groups in total. The van der Waals surface area contributed by atoms with Crippen molar-refractivity contribution in [2.24, 2.45) is 0 Å². The van der Waals surface area contributed by atoms with E-state index in [9.17, 15) is 9.50 Å². The Hall–Kier alpha value is -0.190. The highest BCUT2D eigenvalue weighted by atomic mass is 18.2. The lowest BCUT2D eigenvalue weighted by molar-refractivity contribution is -0.0437. The average molecular weight is 446 g/mol. The zero-order chi connectivity index (χ0) is 22.7. The molecule has 0 aromatic carbocycles. The number of alkyl halides is 1. The summed E-state index contributed by atoms with van der Waals surface area (Å²) in [5, 5.41) is 9.42. The Balaban J connectivity index is 3.21. The van der Waals surface area contributed by atoms with Crippen LogP contribution in [-0.4, -0.2) is 44.3 Å². The van der Waals surface area contributed by atoms with Crippen molar-refractivity contribution < 1.29 is 19.0 Å². The van der Waals surface area contributed by atoms with Gasteiger partial charge in [-0.05, 0) is 19.3 Å². The topological polar surface area (TPSA) is 38.7 Å². The number of ether oxygens (including phenoxy) is 2. The fraction of sp³-hybridized carbons (Fsp3) is 1.00. The summed E-state index contributed by atoms with van der Waals surface area (Å²) in [6.45, 7) is 4.17. The van der Waals surface area contributed by atoms with Crippen LogP contribution in [0.2, 0.25) is 0 Å². The molecule has 31 heavy (non-hydrogen) atoms. The van der Waals surface area contributed by atoms with E-state index in [0.717, 1.165) is 38.9 Å². The summed E-state index contributed by atoms with van der Waals surface area (Å²) in [6, 6.07) is 0. The lowest BCUT2D eigenvalue weighted by Crippen LogP contribution is -2.24. The molecule has 0 amide bonds. The van der Waals surface area contributed by atoms with Crippen LogP contribution in [0.5, 0.6) is 0 Å². The predicted octanol–water partition coefficient (Wildman–Crippen LogP) is 8.17. The number of aliphatic hydroxyl groups excluding tert-OH is 1. The van der Waals surface area contributed by atoms with Crippen molar-refractivity contribution in [3.8, 4) is 0 Å². The molecule has 0 aromatic heterocycles. The Morgan fingerprint density at radius 2 is 1.00 bits per heavy atom. The fourth-order valence-electron chi connectivity index (χ4n) is 3.92. The van der Waals surface area contributed by atoms with Gasteiger partial charge < -0.3 is 14.6 Å². The number of unbranched alkanes of at least 4 members (excludes halogenated alkanes) is 18. The van der Waals surface area contributed by atoms with Gasteiger partial charge in [0.25, 0.3) is 0 Å². The Labute approximate surface area is 193 Å². The molecule has 0 heterocycles. The van der Waals surface area contributed by atoms with Crippen LogP contribution in [-0.2, 0) is 9.47 Å². The lowest BCUT2D eigenvalue weighted by Gasteiger charge is -2.15. The van der Waals surface area contributed by atoms with Crippen LogP contribution in [0.3, 0.4) is 0 Å². The summed E-state index contributed by atoms with van der Waals surface area (Å²) in [7, 11) is 0. The summed E-state index contributed by atoms with van der Waals surface area (Å²) in [6.07, 6.45) is 24.8. The zero-order valence-corrected chi connectivity index (χ0v) is 20.9. The molecule has 0 aliphatic carbocycles. The first-order valence-electron chi connectivity index (χ1n) is 13.7. The van der Waals surface area contributed by atoms with E-state index in [1.807, 2.05) is 0 Å². The number of rotatable bonds is 27. The second-order valence-corrected chi connectivity index (χ2v) is 9.16. The molecule has 0 fully saturated rings. The molecule has 0 spiro atoms. The van der Waals surface area contributed by atoms with E-state index in [1.54, 1.807) is 0 Å². The molecule has 1 unspecified atom stereocenters. The summed E-state index contributed by atoms with van der Waals surface area (Å²) in [5.74, 6) is 0. The van der Waals surface area contributed by atoms with Crippen molar-refractivity contribution in [1.29, 1.82) is 0 Å². The zero-order valence-electron chi connectivity index (χ0n) is 20.9. The van der Waals surface area contributed by atoms with E-state index in [1.165, 1.54) is 103 Å². The molecule has 0 saturated carbocycles. The van der Waals surface area contributed by atoms with Gasteiger partial charge in [-0.25, -0.2) is 0 Å². The van der Waals surface area contributed by atoms with Gasteiger partial charge in [0, 0.05) is 13.2 Å². The molecular weight excluding hydrogens is 390 g/mol. The van der Waals surface area contributed by atoms with Crippen molar-refractivity contribution in [3.05, 3.63) is 0 Å². The second-order valence-electron chi connectivity index (χ2n) is 9.16. The van der Waals surface area contributed by atoms with Crippen LogP contribution >= 0.6 is 0 Å². The van der Waals surface area contributed by atoms with Crippen LogP contribution in [0, 0.1) is 0 Å². The van der Waals surface area contributed by atoms with Crippen molar-refractivity contribution in [2.45, 2.75) is 141 Å². The average Bonchev–Trinajstić information content (AvgIpc) is 2.79. The van der Waals surface area contributed by atoms with E-state index in [4.69, 9.17) is 9.47 Å². The van der Waals surface area contributed by atoms with Crippen molar-refractivity contribution in [3.63, 3.8) is 0 Å². The summed E-state index contributed by atoms with van der Waals surface area (Å²) in [5.41, 5.74) is 0. The number of hydrogen-bond acceptors (Lipinski definition) is 3. The first kappa shape index (κ1) is 30.8. The molecule has 0 aromatic rings. The normalized spacial score (nSPS) is 12.5. The fourth-order valence-corrected chi connectivity index (χ4v) is 3.92. The monoisotopic (exact) mass is 445 g/mol. The Bertz CT molecular complexity index is 315. The molecule has 4 heteroatoms. The van der Waals surface area contributed by atoms with Crippen LogP contribution < -0.4 is 0 Å². The Morgan fingerprint density at radius 1 is 0.581 bits per heavy atom. The standard InChI is InChI=1S/C27H55FO3/c1-2-3-4-5-18-21-24-31-27(25-29)26-30-23-20-17-15-13-11-9-7-6-8-10-12-14-16-19-22-28/h27,29H,2-26H2,1H3/i28-1. The Morgan fingerprint density at radius 3 is 1.45 bits per heavy atom. The number of halogens is 1. The molecule has 0 aliphatic rings. The highest BCUT2D eigenvalue weighted by Gasteiger charge is 2.07. The molecular formula is C27H55FO3. The molecule has 3 nitrogen and oxygen atoms in total. The van der Waals surface area contributed by atoms with Gasteiger partial charge >= 0.3 is 0 Å². The molecule has 0 saturated heterocycles. The minimum atomic E-state index is -0.161. The van der Waals surface area contributed by atoms with Crippen LogP contribution in [0.25, 0.3) is 0 Å². The highest BCUT2D eigenvalue weighted by Crippen LogP contribution is 2.13. The van der Waals surface area contributed by atoms with Crippen LogP contribution in [0.15, 0.2) is 0 Å². The highest BCUT2D eigenvalue weighted by molar-refractivity contribution is 4.55. The van der Waals surface area contributed by atoms with Gasteiger partial charge in [-0.2, -0.15) is 0 Å². The van der Waals surface area contributed by atoms with Crippen LogP contribution in [0.1, 0.15) is 135 Å². The second kappa shape index (κ2) is 27.8. The molecule has 0 aliphatic heterocycles. The van der Waals surface area contributed by atoms with Gasteiger partial charge in [-0.1, -0.05) is 116 Å². The summed E-state index contributed by atoms with van der Waals surface area (Å²) in [4.78, 5) is 0. The van der Waals surface area contributed by atoms with Gasteiger partial charge in [0.05, 0.1) is 19.9 Å². The van der Waals surface area contributed by atoms with Crippen molar-refractivity contribution >= 4 is 0 Å². The van der Waals surface area contributed by atoms with E-state index in [2.05, 4.69) is 6.92 Å². The van der Waals surface area contributed by atoms with E-state index >= 15 is 0 Å². The first-order chi connectivity index (χ1) is 15.3.